The first kappa shape index (κ1) is 12.2. The molecule has 1 aromatic carbocycles. The van der Waals surface area contributed by atoms with Gasteiger partial charge in [0.1, 0.15) is 5.82 Å². The van der Waals surface area contributed by atoms with E-state index in [9.17, 15) is 15.0 Å². The van der Waals surface area contributed by atoms with Crippen LogP contribution in [0.25, 0.3) is 11.0 Å². The van der Waals surface area contributed by atoms with Gasteiger partial charge in [0.05, 0.1) is 23.2 Å². The number of hydrogen-bond donors (Lipinski definition) is 2. The summed E-state index contributed by atoms with van der Waals surface area (Å²) in [7, 11) is 0. The fourth-order valence-corrected chi connectivity index (χ4v) is 2.55. The van der Waals surface area contributed by atoms with Gasteiger partial charge >= 0.3 is 5.97 Å². The van der Waals surface area contributed by atoms with Crippen molar-refractivity contribution in [1.29, 1.82) is 0 Å². The van der Waals surface area contributed by atoms with E-state index < -0.39 is 5.97 Å². The Morgan fingerprint density at radius 2 is 2.21 bits per heavy atom. The number of aliphatic hydroxyl groups is 1. The zero-order chi connectivity index (χ0) is 13.6. The number of carbonyl (C=O) groups is 1. The number of aryl methyl sites for hydroxylation is 1. The Hall–Kier alpha value is -1.88. The summed E-state index contributed by atoms with van der Waals surface area (Å²) in [5.74, 6) is -0.149. The maximum absolute atomic E-state index is 11.3. The van der Waals surface area contributed by atoms with Crippen LogP contribution in [0.1, 0.15) is 29.0 Å². The van der Waals surface area contributed by atoms with Crippen molar-refractivity contribution in [1.82, 2.24) is 9.55 Å². The normalized spacial score (nSPS) is 16.7. The molecule has 19 heavy (non-hydrogen) atoms. The van der Waals surface area contributed by atoms with Crippen molar-refractivity contribution in [2.45, 2.75) is 26.3 Å². The second-order valence-corrected chi connectivity index (χ2v) is 5.38. The largest absolute Gasteiger partial charge is 0.478 e. The quantitative estimate of drug-likeness (QED) is 0.879. The van der Waals surface area contributed by atoms with E-state index in [4.69, 9.17) is 0 Å². The SMILES string of the molecule is Cc1nc2cccc(C(=O)O)c2n1CC1(CO)CC1. The van der Waals surface area contributed by atoms with Gasteiger partial charge in [-0.05, 0) is 31.9 Å². The number of rotatable bonds is 4. The molecule has 2 N–H and O–H groups in total. The van der Waals surface area contributed by atoms with Gasteiger partial charge in [0, 0.05) is 12.0 Å². The van der Waals surface area contributed by atoms with Gasteiger partial charge in [0.15, 0.2) is 0 Å². The Labute approximate surface area is 110 Å². The highest BCUT2D eigenvalue weighted by Crippen LogP contribution is 2.47. The van der Waals surface area contributed by atoms with Crippen molar-refractivity contribution in [2.24, 2.45) is 5.41 Å². The Bertz CT molecular complexity index is 656. The van der Waals surface area contributed by atoms with Crippen LogP contribution in [-0.4, -0.2) is 32.3 Å². The molecule has 0 bridgehead atoms. The molecule has 5 heteroatoms. The number of imidazole rings is 1. The lowest BCUT2D eigenvalue weighted by molar-refractivity contribution is 0.0698. The molecule has 2 aromatic rings. The molecule has 3 rings (SSSR count). The van der Waals surface area contributed by atoms with Crippen LogP contribution >= 0.6 is 0 Å². The monoisotopic (exact) mass is 260 g/mol. The van der Waals surface area contributed by atoms with Crippen LogP contribution in [0.4, 0.5) is 0 Å². The summed E-state index contributed by atoms with van der Waals surface area (Å²) in [6.45, 7) is 2.65. The molecule has 1 saturated carbocycles. The molecule has 0 radical (unpaired) electrons. The molecule has 0 saturated heterocycles. The minimum absolute atomic E-state index is 0.0794. The predicted molar refractivity (Wildman–Crippen MR) is 70.2 cm³/mol. The number of aromatic carboxylic acids is 1. The lowest BCUT2D eigenvalue weighted by atomic mass is 10.1. The van der Waals surface area contributed by atoms with Crippen molar-refractivity contribution in [2.75, 3.05) is 6.61 Å². The van der Waals surface area contributed by atoms with Crippen LogP contribution in [0.5, 0.6) is 0 Å². The number of para-hydroxylation sites is 1. The third-order valence-corrected chi connectivity index (χ3v) is 3.97. The van der Waals surface area contributed by atoms with Gasteiger partial charge in [0.2, 0.25) is 0 Å². The first-order valence-electron chi connectivity index (χ1n) is 6.36. The highest BCUT2D eigenvalue weighted by atomic mass is 16.4. The van der Waals surface area contributed by atoms with Gasteiger partial charge in [-0.15, -0.1) is 0 Å². The van der Waals surface area contributed by atoms with Crippen LogP contribution in [0, 0.1) is 12.3 Å². The van der Waals surface area contributed by atoms with Crippen molar-refractivity contribution in [3.8, 4) is 0 Å². The van der Waals surface area contributed by atoms with Crippen LogP contribution in [-0.2, 0) is 6.54 Å². The smallest absolute Gasteiger partial charge is 0.337 e. The molecular formula is C14H16N2O3. The maximum Gasteiger partial charge on any atom is 0.337 e. The van der Waals surface area contributed by atoms with E-state index in [-0.39, 0.29) is 17.6 Å². The highest BCUT2D eigenvalue weighted by molar-refractivity contribution is 6.01. The van der Waals surface area contributed by atoms with Crippen LogP contribution in [0.2, 0.25) is 0 Å². The second-order valence-electron chi connectivity index (χ2n) is 5.38. The molecule has 0 unspecified atom stereocenters. The fourth-order valence-electron chi connectivity index (χ4n) is 2.55. The van der Waals surface area contributed by atoms with E-state index in [1.54, 1.807) is 12.1 Å². The topological polar surface area (TPSA) is 75.3 Å². The van der Waals surface area contributed by atoms with Crippen molar-refractivity contribution >= 4 is 17.0 Å². The summed E-state index contributed by atoms with van der Waals surface area (Å²) >= 11 is 0. The molecular weight excluding hydrogens is 244 g/mol. The number of fused-ring (bicyclic) bond motifs is 1. The molecule has 100 valence electrons. The van der Waals surface area contributed by atoms with Crippen molar-refractivity contribution in [3.05, 3.63) is 29.6 Å². The van der Waals surface area contributed by atoms with E-state index in [2.05, 4.69) is 4.98 Å². The molecule has 1 heterocycles. The first-order valence-corrected chi connectivity index (χ1v) is 6.36. The zero-order valence-electron chi connectivity index (χ0n) is 10.8. The fraction of sp³-hybridized carbons (Fsp3) is 0.429. The lowest BCUT2D eigenvalue weighted by Crippen LogP contribution is -2.17. The minimum atomic E-state index is -0.944. The predicted octanol–water partition coefficient (Wildman–Crippen LogP) is 1.82. The first-order chi connectivity index (χ1) is 9.06. The Morgan fingerprint density at radius 1 is 1.47 bits per heavy atom. The standard InChI is InChI=1S/C14H16N2O3/c1-9-15-11-4-2-3-10(13(18)19)12(11)16(9)7-14(8-17)5-6-14/h2-4,17H,5-8H2,1H3,(H,18,19). The summed E-state index contributed by atoms with van der Waals surface area (Å²) in [5.41, 5.74) is 1.55. The third-order valence-electron chi connectivity index (χ3n) is 3.97. The summed E-state index contributed by atoms with van der Waals surface area (Å²) in [6.07, 6.45) is 1.97. The molecule has 0 spiro atoms. The molecule has 5 nitrogen and oxygen atoms in total. The number of benzene rings is 1. The highest BCUT2D eigenvalue weighted by Gasteiger charge is 2.43. The van der Waals surface area contributed by atoms with E-state index in [0.717, 1.165) is 18.7 Å². The number of aliphatic hydroxyl groups excluding tert-OH is 1. The molecule has 1 fully saturated rings. The van der Waals surface area contributed by atoms with Gasteiger partial charge in [0.25, 0.3) is 0 Å². The average Bonchev–Trinajstić information content (AvgIpc) is 3.09. The van der Waals surface area contributed by atoms with Gasteiger partial charge in [-0.1, -0.05) is 6.07 Å². The number of hydrogen-bond acceptors (Lipinski definition) is 3. The van der Waals surface area contributed by atoms with Gasteiger partial charge in [-0.25, -0.2) is 9.78 Å². The van der Waals surface area contributed by atoms with E-state index in [0.29, 0.717) is 17.6 Å². The van der Waals surface area contributed by atoms with Crippen LogP contribution < -0.4 is 0 Å². The molecule has 1 aliphatic carbocycles. The maximum atomic E-state index is 11.3. The van der Waals surface area contributed by atoms with E-state index in [1.165, 1.54) is 0 Å². The zero-order valence-corrected chi connectivity index (χ0v) is 10.8. The van der Waals surface area contributed by atoms with Crippen LogP contribution in [0.15, 0.2) is 18.2 Å². The van der Waals surface area contributed by atoms with E-state index >= 15 is 0 Å². The summed E-state index contributed by atoms with van der Waals surface area (Å²) in [5, 5.41) is 18.7. The number of carboxylic acid groups (broad SMARTS) is 1. The van der Waals surface area contributed by atoms with Gasteiger partial charge in [-0.2, -0.15) is 0 Å². The van der Waals surface area contributed by atoms with E-state index in [1.807, 2.05) is 17.6 Å². The van der Waals surface area contributed by atoms with Crippen LogP contribution in [0.3, 0.4) is 0 Å². The number of carboxylic acids is 1. The molecule has 1 aromatic heterocycles. The Balaban J connectivity index is 2.17. The summed E-state index contributed by atoms with van der Waals surface area (Å²) in [6, 6.07) is 5.13. The number of aromatic nitrogens is 2. The minimum Gasteiger partial charge on any atom is -0.478 e. The average molecular weight is 260 g/mol. The molecule has 0 atom stereocenters. The second kappa shape index (κ2) is 4.06. The third kappa shape index (κ3) is 1.90. The lowest BCUT2D eigenvalue weighted by Gasteiger charge is -2.15. The molecule has 1 aliphatic rings. The number of nitrogens with zero attached hydrogens (tertiary/aromatic N) is 2. The van der Waals surface area contributed by atoms with Crippen molar-refractivity contribution in [3.63, 3.8) is 0 Å². The Kier molecular flexibility index (Phi) is 2.60. The summed E-state index contributed by atoms with van der Waals surface area (Å²) in [4.78, 5) is 15.8. The molecule has 0 aliphatic heterocycles. The molecule has 0 amide bonds. The van der Waals surface area contributed by atoms with Gasteiger partial charge < -0.3 is 14.8 Å². The van der Waals surface area contributed by atoms with Gasteiger partial charge in [-0.3, -0.25) is 0 Å². The summed E-state index contributed by atoms with van der Waals surface area (Å²) < 4.78 is 1.93. The Morgan fingerprint density at radius 3 is 2.79 bits per heavy atom. The van der Waals surface area contributed by atoms with Crippen molar-refractivity contribution < 1.29 is 15.0 Å².